The summed E-state index contributed by atoms with van der Waals surface area (Å²) in [6.45, 7) is 4.86. The maximum atomic E-state index is 11.2. The topological polar surface area (TPSA) is 152 Å². The van der Waals surface area contributed by atoms with Gasteiger partial charge in [-0.25, -0.2) is 0 Å². The lowest BCUT2D eigenvalue weighted by atomic mass is 10.2. The van der Waals surface area contributed by atoms with Crippen LogP contribution in [0.2, 0.25) is 0 Å². The number of halogens is 1. The number of nitrogens with one attached hydrogen (secondary N) is 1. The van der Waals surface area contributed by atoms with Crippen molar-refractivity contribution in [3.63, 3.8) is 0 Å². The van der Waals surface area contributed by atoms with Crippen LogP contribution in [0.25, 0.3) is 0 Å². The number of carbonyl (C=O) groups excluding carboxylic acids is 2. The summed E-state index contributed by atoms with van der Waals surface area (Å²) in [6, 6.07) is 11.7. The van der Waals surface area contributed by atoms with Crippen molar-refractivity contribution in [2.45, 2.75) is 20.3 Å². The molecule has 10 nitrogen and oxygen atoms in total. The maximum absolute atomic E-state index is 11.2. The molecule has 3 N–H and O–H groups in total. The second-order valence-electron chi connectivity index (χ2n) is 6.40. The molecule has 0 atom stereocenters. The third kappa shape index (κ3) is 8.23. The summed E-state index contributed by atoms with van der Waals surface area (Å²) >= 11 is 3.03. The van der Waals surface area contributed by atoms with Gasteiger partial charge in [0.25, 0.3) is 5.69 Å². The van der Waals surface area contributed by atoms with E-state index in [2.05, 4.69) is 30.9 Å². The number of ether oxygens (including phenoxy) is 1. The minimum absolute atomic E-state index is 0.0982. The highest BCUT2D eigenvalue weighted by molar-refractivity contribution is 9.10. The number of hydrogen-bond acceptors (Lipinski definition) is 8. The van der Waals surface area contributed by atoms with Gasteiger partial charge in [-0.2, -0.15) is 5.26 Å². The van der Waals surface area contributed by atoms with Gasteiger partial charge in [-0.1, -0.05) is 6.07 Å². The number of nitriles is 1. The van der Waals surface area contributed by atoms with Gasteiger partial charge in [0.15, 0.2) is 0 Å². The summed E-state index contributed by atoms with van der Waals surface area (Å²) in [5.41, 5.74) is 7.35. The van der Waals surface area contributed by atoms with Crippen molar-refractivity contribution in [1.29, 1.82) is 5.26 Å². The Morgan fingerprint density at radius 1 is 1.34 bits per heavy atom. The van der Waals surface area contributed by atoms with Gasteiger partial charge in [-0.3, -0.25) is 19.7 Å². The first-order valence-corrected chi connectivity index (χ1v) is 10.2. The lowest BCUT2D eigenvalue weighted by Crippen LogP contribution is -2.26. The highest BCUT2D eigenvalue weighted by atomic mass is 79.9. The lowest BCUT2D eigenvalue weighted by Gasteiger charge is -2.23. The van der Waals surface area contributed by atoms with E-state index in [9.17, 15) is 19.7 Å². The zero-order chi connectivity index (χ0) is 24.3. The van der Waals surface area contributed by atoms with Crippen LogP contribution in [0.1, 0.15) is 25.8 Å². The van der Waals surface area contributed by atoms with E-state index in [-0.39, 0.29) is 28.8 Å². The normalized spacial score (nSPS) is 9.59. The highest BCUT2D eigenvalue weighted by Gasteiger charge is 2.12. The van der Waals surface area contributed by atoms with Crippen molar-refractivity contribution in [3.8, 4) is 6.07 Å². The van der Waals surface area contributed by atoms with Crippen molar-refractivity contribution in [3.05, 3.63) is 56.5 Å². The first-order chi connectivity index (χ1) is 15.1. The molecule has 0 fully saturated rings. The number of benzene rings is 2. The average molecular weight is 506 g/mol. The first kappa shape index (κ1) is 26.4. The molecule has 2 aromatic carbocycles. The van der Waals surface area contributed by atoms with Crippen LogP contribution in [0.15, 0.2) is 40.9 Å². The molecule has 0 bridgehead atoms. The molecule has 11 heteroatoms. The van der Waals surface area contributed by atoms with Gasteiger partial charge < -0.3 is 20.7 Å². The molecule has 0 aliphatic rings. The van der Waals surface area contributed by atoms with Crippen LogP contribution in [-0.4, -0.2) is 37.0 Å². The Hall–Kier alpha value is -3.65. The fourth-order valence-corrected chi connectivity index (χ4v) is 3.03. The van der Waals surface area contributed by atoms with E-state index in [0.717, 1.165) is 24.0 Å². The van der Waals surface area contributed by atoms with E-state index in [1.165, 1.54) is 20.1 Å². The molecule has 1 amide bonds. The largest absolute Gasteiger partial charge is 0.469 e. The Morgan fingerprint density at radius 3 is 2.56 bits per heavy atom. The number of nitrogens with zero attached hydrogens (tertiary/aromatic N) is 3. The van der Waals surface area contributed by atoms with Crippen molar-refractivity contribution in [1.82, 2.24) is 0 Å². The van der Waals surface area contributed by atoms with Gasteiger partial charge >= 0.3 is 5.97 Å². The predicted molar refractivity (Wildman–Crippen MR) is 125 cm³/mol. The van der Waals surface area contributed by atoms with Gasteiger partial charge in [-0.15, -0.1) is 0 Å². The number of nitrogens with two attached hydrogens (primary N) is 1. The minimum Gasteiger partial charge on any atom is -0.469 e. The number of non-ortho nitro benzene ring substituents is 1. The number of methoxy groups -OCH3 is 1. The molecule has 0 aliphatic heterocycles. The molecule has 0 aromatic heterocycles. The molecule has 2 rings (SSSR count). The van der Waals surface area contributed by atoms with Crippen molar-refractivity contribution in [2.24, 2.45) is 0 Å². The summed E-state index contributed by atoms with van der Waals surface area (Å²) in [5.74, 6) is -0.328. The van der Waals surface area contributed by atoms with Crippen molar-refractivity contribution >= 4 is 50.6 Å². The molecule has 0 saturated carbocycles. The number of anilines is 3. The SMILES string of the molecule is CCN(CCC(=O)OC)c1cccc(NC(C)=O)c1.N#Cc1cc([N+](=O)[O-])cc(Br)c1N. The van der Waals surface area contributed by atoms with Gasteiger partial charge in [-0.05, 0) is 41.1 Å². The molecule has 170 valence electrons. The Labute approximate surface area is 194 Å². The van der Waals surface area contributed by atoms with Gasteiger partial charge in [0.1, 0.15) is 6.07 Å². The molecule has 32 heavy (non-hydrogen) atoms. The Balaban J connectivity index is 0.000000343. The fourth-order valence-electron chi connectivity index (χ4n) is 2.58. The molecule has 0 aliphatic carbocycles. The van der Waals surface area contributed by atoms with Crippen LogP contribution in [0.4, 0.5) is 22.7 Å². The molecular weight excluding hydrogens is 482 g/mol. The Bertz CT molecular complexity index is 1020. The number of nitro benzene ring substituents is 1. The quantitative estimate of drug-likeness (QED) is 0.249. The van der Waals surface area contributed by atoms with Gasteiger partial charge in [0.05, 0.1) is 29.7 Å². The highest BCUT2D eigenvalue weighted by Crippen LogP contribution is 2.28. The molecule has 0 radical (unpaired) electrons. The Morgan fingerprint density at radius 2 is 2.03 bits per heavy atom. The number of nitrogen functional groups attached to an aromatic ring is 1. The average Bonchev–Trinajstić information content (AvgIpc) is 2.75. The molecule has 0 unspecified atom stereocenters. The second-order valence-corrected chi connectivity index (χ2v) is 7.25. The van der Waals surface area contributed by atoms with Crippen LogP contribution >= 0.6 is 15.9 Å². The van der Waals surface area contributed by atoms with Gasteiger partial charge in [0, 0.05) is 48.0 Å². The number of hydrogen-bond donors (Lipinski definition) is 2. The smallest absolute Gasteiger partial charge is 0.307 e. The second kappa shape index (κ2) is 12.9. The first-order valence-electron chi connectivity index (χ1n) is 9.45. The fraction of sp³-hybridized carbons (Fsp3) is 0.286. The lowest BCUT2D eigenvalue weighted by molar-refractivity contribution is -0.384. The van der Waals surface area contributed by atoms with Crippen molar-refractivity contribution < 1.29 is 19.2 Å². The standard InChI is InChI=1S/C14H20N2O3.C7H4BrN3O2/c1-4-16(9-8-14(18)19-3)13-7-5-6-12(10-13)15-11(2)17;8-6-2-5(11(12)13)1-4(3-9)7(6)10/h5-7,10H,4,8-9H2,1-3H3,(H,15,17);1-2H,10H2. The van der Waals surface area contributed by atoms with Crippen LogP contribution in [-0.2, 0) is 14.3 Å². The summed E-state index contributed by atoms with van der Waals surface area (Å²) in [5, 5.41) is 21.7. The molecule has 2 aromatic rings. The number of rotatable bonds is 7. The van der Waals surface area contributed by atoms with E-state index in [1.54, 1.807) is 6.07 Å². The van der Waals surface area contributed by atoms with E-state index in [0.29, 0.717) is 17.4 Å². The van der Waals surface area contributed by atoms with E-state index >= 15 is 0 Å². The summed E-state index contributed by atoms with van der Waals surface area (Å²) in [7, 11) is 1.38. The van der Waals surface area contributed by atoms with Crippen LogP contribution in [0.5, 0.6) is 0 Å². The minimum atomic E-state index is -0.578. The summed E-state index contributed by atoms with van der Waals surface area (Å²) in [4.78, 5) is 34.0. The number of carbonyl (C=O) groups is 2. The third-order valence-corrected chi connectivity index (χ3v) is 4.83. The van der Waals surface area contributed by atoms with Crippen LogP contribution < -0.4 is 16.0 Å². The third-order valence-electron chi connectivity index (χ3n) is 4.17. The van der Waals surface area contributed by atoms with Gasteiger partial charge in [0.2, 0.25) is 5.91 Å². The van der Waals surface area contributed by atoms with Crippen LogP contribution in [0.3, 0.4) is 0 Å². The van der Waals surface area contributed by atoms with Crippen LogP contribution in [0, 0.1) is 21.4 Å². The van der Waals surface area contributed by atoms with E-state index in [1.807, 2.05) is 31.2 Å². The zero-order valence-corrected chi connectivity index (χ0v) is 19.5. The van der Waals surface area contributed by atoms with Crippen molar-refractivity contribution in [2.75, 3.05) is 36.1 Å². The summed E-state index contributed by atoms with van der Waals surface area (Å²) < 4.78 is 4.99. The van der Waals surface area contributed by atoms with E-state index < -0.39 is 4.92 Å². The van der Waals surface area contributed by atoms with E-state index in [4.69, 9.17) is 11.0 Å². The number of amides is 1. The zero-order valence-electron chi connectivity index (χ0n) is 17.9. The molecule has 0 spiro atoms. The Kier molecular flexibility index (Phi) is 10.6. The predicted octanol–water partition coefficient (Wildman–Crippen LogP) is 3.85. The molecular formula is C21H24BrN5O5. The monoisotopic (exact) mass is 505 g/mol. The summed E-state index contributed by atoms with van der Waals surface area (Å²) in [6.07, 6.45) is 0.342. The maximum Gasteiger partial charge on any atom is 0.307 e. The number of nitro groups is 1. The number of esters is 1. The molecule has 0 heterocycles. The molecule has 0 saturated heterocycles.